The minimum absolute atomic E-state index is 0.142. The molecule has 2 rings (SSSR count). The smallest absolute Gasteiger partial charge is 0.229 e. The number of rotatable bonds is 4. The molecule has 0 aliphatic heterocycles. The second-order valence-corrected chi connectivity index (χ2v) is 4.18. The van der Waals surface area contributed by atoms with E-state index in [1.165, 1.54) is 0 Å². The molecule has 17 heavy (non-hydrogen) atoms. The number of nitrogens with two attached hydrogens (primary N) is 1. The lowest BCUT2D eigenvalue weighted by Crippen LogP contribution is -2.04. The molecule has 0 spiro atoms. The zero-order valence-electron chi connectivity index (χ0n) is 9.43. The first-order valence-electron chi connectivity index (χ1n) is 5.37. The first-order valence-corrected chi connectivity index (χ1v) is 5.74. The van der Waals surface area contributed by atoms with Gasteiger partial charge in [0.15, 0.2) is 0 Å². The minimum Gasteiger partial charge on any atom is -0.339 e. The average Bonchev–Trinajstić information content (AvgIpc) is 2.79. The van der Waals surface area contributed by atoms with Gasteiger partial charge in [0.1, 0.15) is 5.69 Å². The van der Waals surface area contributed by atoms with E-state index < -0.39 is 0 Å². The molecule has 1 unspecified atom stereocenters. The Balaban J connectivity index is 2.27. The molecule has 0 fully saturated rings. The predicted molar refractivity (Wildman–Crippen MR) is 64.6 cm³/mol. The van der Waals surface area contributed by atoms with Crippen molar-refractivity contribution in [3.05, 3.63) is 29.2 Å². The van der Waals surface area contributed by atoms with Gasteiger partial charge in [-0.2, -0.15) is 4.98 Å². The highest BCUT2D eigenvalue weighted by Crippen LogP contribution is 2.24. The van der Waals surface area contributed by atoms with E-state index in [0.717, 1.165) is 6.42 Å². The summed E-state index contributed by atoms with van der Waals surface area (Å²) in [6, 6.07) is 3.49. The van der Waals surface area contributed by atoms with E-state index in [9.17, 15) is 0 Å². The molecule has 0 aromatic carbocycles. The second kappa shape index (κ2) is 5.25. The van der Waals surface area contributed by atoms with Crippen molar-refractivity contribution in [1.82, 2.24) is 15.1 Å². The van der Waals surface area contributed by atoms with Crippen LogP contribution in [0.4, 0.5) is 0 Å². The molecule has 2 aromatic rings. The molecule has 2 N–H and O–H groups in total. The Morgan fingerprint density at radius 2 is 2.35 bits per heavy atom. The van der Waals surface area contributed by atoms with Crippen LogP contribution in [0.1, 0.15) is 25.2 Å². The van der Waals surface area contributed by atoms with Gasteiger partial charge < -0.3 is 10.3 Å². The quantitative estimate of drug-likeness (QED) is 0.903. The highest BCUT2D eigenvalue weighted by molar-refractivity contribution is 6.32. The Bertz CT molecular complexity index is 500. The van der Waals surface area contributed by atoms with Crippen molar-refractivity contribution in [2.24, 2.45) is 5.73 Å². The molecular formula is C11H13ClN4O. The fourth-order valence-corrected chi connectivity index (χ4v) is 1.66. The van der Waals surface area contributed by atoms with E-state index in [1.807, 2.05) is 6.92 Å². The van der Waals surface area contributed by atoms with Gasteiger partial charge in [-0.3, -0.25) is 4.98 Å². The summed E-state index contributed by atoms with van der Waals surface area (Å²) in [5.41, 5.74) is 6.02. The first-order chi connectivity index (χ1) is 8.22. The summed E-state index contributed by atoms with van der Waals surface area (Å²) in [6.07, 6.45) is 2.44. The Kier molecular flexibility index (Phi) is 3.71. The summed E-state index contributed by atoms with van der Waals surface area (Å²) in [7, 11) is 0. The molecule has 0 bridgehead atoms. The Morgan fingerprint density at radius 3 is 3.06 bits per heavy atom. The van der Waals surface area contributed by atoms with Gasteiger partial charge >= 0.3 is 0 Å². The molecule has 5 nitrogen and oxygen atoms in total. The number of pyridine rings is 1. The third kappa shape index (κ3) is 2.62. The maximum Gasteiger partial charge on any atom is 0.229 e. The van der Waals surface area contributed by atoms with E-state index in [0.29, 0.717) is 29.0 Å². The van der Waals surface area contributed by atoms with Crippen LogP contribution in [0.15, 0.2) is 22.9 Å². The number of hydrogen-bond donors (Lipinski definition) is 1. The van der Waals surface area contributed by atoms with Crippen molar-refractivity contribution >= 4 is 11.6 Å². The standard InChI is InChI=1S/C11H13ClN4O/c1-7(4-5-13)11-15-10(16-17-11)9-8(12)3-2-6-14-9/h2-3,6-7H,4-5,13H2,1H3. The van der Waals surface area contributed by atoms with Gasteiger partial charge in [-0.05, 0) is 25.1 Å². The van der Waals surface area contributed by atoms with Crippen molar-refractivity contribution in [1.29, 1.82) is 0 Å². The molecule has 2 aromatic heterocycles. The van der Waals surface area contributed by atoms with E-state index in [-0.39, 0.29) is 5.92 Å². The van der Waals surface area contributed by atoms with Gasteiger partial charge in [-0.1, -0.05) is 23.7 Å². The molecular weight excluding hydrogens is 240 g/mol. The molecule has 6 heteroatoms. The predicted octanol–water partition coefficient (Wildman–Crippen LogP) is 2.24. The maximum absolute atomic E-state index is 6.00. The molecule has 0 amide bonds. The zero-order valence-corrected chi connectivity index (χ0v) is 10.2. The molecule has 90 valence electrons. The second-order valence-electron chi connectivity index (χ2n) is 3.77. The zero-order chi connectivity index (χ0) is 12.3. The van der Waals surface area contributed by atoms with Crippen LogP contribution in [-0.4, -0.2) is 21.7 Å². The highest BCUT2D eigenvalue weighted by atomic mass is 35.5. The van der Waals surface area contributed by atoms with E-state index in [4.69, 9.17) is 21.9 Å². The molecule has 0 aliphatic carbocycles. The fraction of sp³-hybridized carbons (Fsp3) is 0.364. The molecule has 1 atom stereocenters. The summed E-state index contributed by atoms with van der Waals surface area (Å²) in [5, 5.41) is 4.38. The number of aromatic nitrogens is 3. The first kappa shape index (κ1) is 12.0. The SMILES string of the molecule is CC(CCN)c1nc(-c2ncccc2Cl)no1. The minimum atomic E-state index is 0.142. The average molecular weight is 253 g/mol. The van der Waals surface area contributed by atoms with Crippen LogP contribution in [0.25, 0.3) is 11.5 Å². The van der Waals surface area contributed by atoms with Gasteiger partial charge in [-0.15, -0.1) is 0 Å². The summed E-state index contributed by atoms with van der Waals surface area (Å²) >= 11 is 6.00. The maximum atomic E-state index is 6.00. The van der Waals surface area contributed by atoms with Crippen LogP contribution in [0, 0.1) is 0 Å². The Labute approximate surface area is 104 Å². The molecule has 0 aliphatic rings. The van der Waals surface area contributed by atoms with Crippen LogP contribution in [0.3, 0.4) is 0 Å². The largest absolute Gasteiger partial charge is 0.339 e. The van der Waals surface area contributed by atoms with Crippen LogP contribution in [0.2, 0.25) is 5.02 Å². The van der Waals surface area contributed by atoms with Crippen LogP contribution in [-0.2, 0) is 0 Å². The van der Waals surface area contributed by atoms with Crippen molar-refractivity contribution in [3.8, 4) is 11.5 Å². The highest BCUT2D eigenvalue weighted by Gasteiger charge is 2.16. The number of hydrogen-bond acceptors (Lipinski definition) is 5. The summed E-state index contributed by atoms with van der Waals surface area (Å²) in [5.74, 6) is 1.12. The monoisotopic (exact) mass is 252 g/mol. The normalized spacial score (nSPS) is 12.6. The van der Waals surface area contributed by atoms with Gasteiger partial charge in [0.2, 0.25) is 11.7 Å². The van der Waals surface area contributed by atoms with Crippen molar-refractivity contribution in [3.63, 3.8) is 0 Å². The van der Waals surface area contributed by atoms with E-state index >= 15 is 0 Å². The van der Waals surface area contributed by atoms with Crippen molar-refractivity contribution < 1.29 is 4.52 Å². The molecule has 2 heterocycles. The van der Waals surface area contributed by atoms with Crippen LogP contribution in [0.5, 0.6) is 0 Å². The number of nitrogens with zero attached hydrogens (tertiary/aromatic N) is 3. The fourth-order valence-electron chi connectivity index (χ4n) is 1.46. The van der Waals surface area contributed by atoms with E-state index in [2.05, 4.69) is 15.1 Å². The Morgan fingerprint density at radius 1 is 1.53 bits per heavy atom. The lowest BCUT2D eigenvalue weighted by molar-refractivity contribution is 0.355. The summed E-state index contributed by atoms with van der Waals surface area (Å²) < 4.78 is 5.17. The topological polar surface area (TPSA) is 77.8 Å². The van der Waals surface area contributed by atoms with Gasteiger partial charge in [-0.25, -0.2) is 0 Å². The third-order valence-electron chi connectivity index (χ3n) is 2.43. The number of halogens is 1. The van der Waals surface area contributed by atoms with Crippen LogP contribution >= 0.6 is 11.6 Å². The lowest BCUT2D eigenvalue weighted by atomic mass is 10.1. The molecule has 0 saturated carbocycles. The third-order valence-corrected chi connectivity index (χ3v) is 2.74. The molecule has 0 saturated heterocycles. The van der Waals surface area contributed by atoms with Gasteiger partial charge in [0.05, 0.1) is 5.02 Å². The lowest BCUT2D eigenvalue weighted by Gasteiger charge is -2.01. The Hall–Kier alpha value is -1.46. The van der Waals surface area contributed by atoms with Gasteiger partial charge in [0, 0.05) is 12.1 Å². The molecule has 0 radical (unpaired) electrons. The van der Waals surface area contributed by atoms with Crippen molar-refractivity contribution in [2.75, 3.05) is 6.54 Å². The van der Waals surface area contributed by atoms with Crippen molar-refractivity contribution in [2.45, 2.75) is 19.3 Å². The van der Waals surface area contributed by atoms with E-state index in [1.54, 1.807) is 18.3 Å². The summed E-state index contributed by atoms with van der Waals surface area (Å²) in [4.78, 5) is 8.41. The van der Waals surface area contributed by atoms with Gasteiger partial charge in [0.25, 0.3) is 0 Å². The van der Waals surface area contributed by atoms with Crippen LogP contribution < -0.4 is 5.73 Å². The summed E-state index contributed by atoms with van der Waals surface area (Å²) in [6.45, 7) is 2.58.